The summed E-state index contributed by atoms with van der Waals surface area (Å²) in [4.78, 5) is 5.07. The van der Waals surface area contributed by atoms with E-state index in [1.165, 1.54) is 28.9 Å². The van der Waals surface area contributed by atoms with Crippen LogP contribution in [0.2, 0.25) is 0 Å². The summed E-state index contributed by atoms with van der Waals surface area (Å²) in [7, 11) is 0. The number of benzene rings is 2. The zero-order valence-corrected chi connectivity index (χ0v) is 14.3. The van der Waals surface area contributed by atoms with Crippen LogP contribution in [-0.2, 0) is 17.6 Å². The number of aryl methyl sites for hydroxylation is 2. The van der Waals surface area contributed by atoms with Crippen molar-refractivity contribution in [2.45, 2.75) is 19.3 Å². The molecule has 0 atom stereocenters. The third kappa shape index (κ3) is 3.33. The van der Waals surface area contributed by atoms with E-state index >= 15 is 0 Å². The van der Waals surface area contributed by atoms with Crippen LogP contribution in [0.25, 0.3) is 0 Å². The van der Waals surface area contributed by atoms with Crippen molar-refractivity contribution in [3.63, 3.8) is 0 Å². The third-order valence-corrected chi connectivity index (χ3v) is 5.19. The molecule has 0 aliphatic carbocycles. The number of anilines is 2. The molecule has 0 bridgehead atoms. The van der Waals surface area contributed by atoms with Crippen LogP contribution >= 0.6 is 0 Å². The highest BCUT2D eigenvalue weighted by Crippen LogP contribution is 2.35. The lowest BCUT2D eigenvalue weighted by Crippen LogP contribution is -2.37. The van der Waals surface area contributed by atoms with Gasteiger partial charge < -0.3 is 9.64 Å². The van der Waals surface area contributed by atoms with Gasteiger partial charge in [-0.05, 0) is 42.5 Å². The average Bonchev–Trinajstić information content (AvgIpc) is 2.80. The molecule has 2 aliphatic heterocycles. The molecule has 1 fully saturated rings. The molecule has 2 aromatic rings. The lowest BCUT2D eigenvalue weighted by molar-refractivity contribution is 0.0377. The summed E-state index contributed by atoms with van der Waals surface area (Å²) < 4.78 is 5.45. The highest BCUT2D eigenvalue weighted by Gasteiger charge is 2.20. The molecular formula is C21H26N2O. The number of hydrogen-bond acceptors (Lipinski definition) is 3. The van der Waals surface area contributed by atoms with Crippen molar-refractivity contribution in [1.29, 1.82) is 0 Å². The van der Waals surface area contributed by atoms with E-state index in [9.17, 15) is 0 Å². The molecule has 0 spiro atoms. The molecule has 1 saturated heterocycles. The zero-order chi connectivity index (χ0) is 16.2. The van der Waals surface area contributed by atoms with Gasteiger partial charge in [-0.25, -0.2) is 0 Å². The molecule has 3 nitrogen and oxygen atoms in total. The van der Waals surface area contributed by atoms with Crippen molar-refractivity contribution in [2.24, 2.45) is 0 Å². The Hall–Kier alpha value is -1.84. The van der Waals surface area contributed by atoms with Gasteiger partial charge in [0, 0.05) is 37.6 Å². The second kappa shape index (κ2) is 7.37. The summed E-state index contributed by atoms with van der Waals surface area (Å²) in [5.74, 6) is 0. The summed E-state index contributed by atoms with van der Waals surface area (Å²) in [6.45, 7) is 6.15. The molecule has 0 amide bonds. The maximum absolute atomic E-state index is 5.45. The second-order valence-corrected chi connectivity index (χ2v) is 6.72. The van der Waals surface area contributed by atoms with Crippen LogP contribution in [0.4, 0.5) is 11.4 Å². The summed E-state index contributed by atoms with van der Waals surface area (Å²) in [6.07, 6.45) is 3.45. The first kappa shape index (κ1) is 15.7. The van der Waals surface area contributed by atoms with Gasteiger partial charge in [-0.1, -0.05) is 36.4 Å². The van der Waals surface area contributed by atoms with E-state index in [1.807, 2.05) is 0 Å². The van der Waals surface area contributed by atoms with E-state index in [2.05, 4.69) is 58.3 Å². The molecule has 24 heavy (non-hydrogen) atoms. The molecule has 2 aromatic carbocycles. The van der Waals surface area contributed by atoms with Gasteiger partial charge in [-0.2, -0.15) is 0 Å². The predicted molar refractivity (Wildman–Crippen MR) is 99.2 cm³/mol. The number of rotatable bonds is 4. The first-order chi connectivity index (χ1) is 11.9. The Labute approximate surface area is 144 Å². The van der Waals surface area contributed by atoms with Gasteiger partial charge in [0.1, 0.15) is 0 Å². The number of morpholine rings is 1. The second-order valence-electron chi connectivity index (χ2n) is 6.72. The van der Waals surface area contributed by atoms with Crippen LogP contribution in [0.1, 0.15) is 17.5 Å². The Morgan fingerprint density at radius 3 is 1.96 bits per heavy atom. The first-order valence-corrected chi connectivity index (χ1v) is 9.15. The van der Waals surface area contributed by atoms with Gasteiger partial charge in [0.05, 0.1) is 13.2 Å². The van der Waals surface area contributed by atoms with Crippen molar-refractivity contribution in [3.8, 4) is 0 Å². The normalized spacial score (nSPS) is 17.9. The quantitative estimate of drug-likeness (QED) is 0.854. The minimum Gasteiger partial charge on any atom is -0.379 e. The molecule has 0 unspecified atom stereocenters. The predicted octanol–water partition coefficient (Wildman–Crippen LogP) is 3.65. The fourth-order valence-electron chi connectivity index (χ4n) is 3.89. The highest BCUT2D eigenvalue weighted by molar-refractivity contribution is 5.71. The van der Waals surface area contributed by atoms with Gasteiger partial charge in [-0.3, -0.25) is 4.90 Å². The van der Waals surface area contributed by atoms with E-state index < -0.39 is 0 Å². The number of ether oxygens (including phenoxy) is 1. The van der Waals surface area contributed by atoms with Crippen LogP contribution in [0.5, 0.6) is 0 Å². The van der Waals surface area contributed by atoms with Gasteiger partial charge in [-0.15, -0.1) is 0 Å². The third-order valence-electron chi connectivity index (χ3n) is 5.19. The fraction of sp³-hybridized carbons (Fsp3) is 0.429. The van der Waals surface area contributed by atoms with Gasteiger partial charge in [0.25, 0.3) is 0 Å². The van der Waals surface area contributed by atoms with Crippen molar-refractivity contribution < 1.29 is 4.74 Å². The van der Waals surface area contributed by atoms with Crippen LogP contribution in [0.3, 0.4) is 0 Å². The van der Waals surface area contributed by atoms with Gasteiger partial charge in [0.2, 0.25) is 0 Å². The Morgan fingerprint density at radius 2 is 1.33 bits per heavy atom. The maximum Gasteiger partial charge on any atom is 0.0594 e. The number of fused-ring (bicyclic) bond motifs is 2. The lowest BCUT2D eigenvalue weighted by Gasteiger charge is -2.30. The summed E-state index contributed by atoms with van der Waals surface area (Å²) >= 11 is 0. The summed E-state index contributed by atoms with van der Waals surface area (Å²) in [6, 6.07) is 17.8. The molecule has 4 rings (SSSR count). The van der Waals surface area contributed by atoms with E-state index in [-0.39, 0.29) is 0 Å². The minimum absolute atomic E-state index is 0.884. The van der Waals surface area contributed by atoms with Crippen molar-refractivity contribution in [2.75, 3.05) is 44.3 Å². The monoisotopic (exact) mass is 322 g/mol. The molecule has 3 heteroatoms. The van der Waals surface area contributed by atoms with E-state index in [1.54, 1.807) is 0 Å². The smallest absolute Gasteiger partial charge is 0.0594 e. The van der Waals surface area contributed by atoms with Crippen molar-refractivity contribution >= 4 is 11.4 Å². The fourth-order valence-corrected chi connectivity index (χ4v) is 3.89. The Morgan fingerprint density at radius 1 is 0.750 bits per heavy atom. The summed E-state index contributed by atoms with van der Waals surface area (Å²) in [5.41, 5.74) is 5.73. The van der Waals surface area contributed by atoms with Crippen molar-refractivity contribution in [3.05, 3.63) is 59.7 Å². The van der Waals surface area contributed by atoms with Crippen LogP contribution in [0, 0.1) is 0 Å². The Balaban J connectivity index is 1.54. The summed E-state index contributed by atoms with van der Waals surface area (Å²) in [5, 5.41) is 0. The van der Waals surface area contributed by atoms with Crippen LogP contribution < -0.4 is 4.90 Å². The molecule has 2 aliphatic rings. The Kier molecular flexibility index (Phi) is 4.81. The molecule has 126 valence electrons. The van der Waals surface area contributed by atoms with Crippen LogP contribution in [0.15, 0.2) is 48.5 Å². The lowest BCUT2D eigenvalue weighted by atomic mass is 10.0. The highest BCUT2D eigenvalue weighted by atomic mass is 16.5. The molecular weight excluding hydrogens is 296 g/mol. The Bertz CT molecular complexity index is 632. The molecule has 0 radical (unpaired) electrons. The number of para-hydroxylation sites is 2. The van der Waals surface area contributed by atoms with E-state index in [0.717, 1.165) is 52.2 Å². The van der Waals surface area contributed by atoms with Crippen LogP contribution in [-0.4, -0.2) is 44.3 Å². The topological polar surface area (TPSA) is 15.7 Å². The molecule has 0 saturated carbocycles. The van der Waals surface area contributed by atoms with Gasteiger partial charge in [0.15, 0.2) is 0 Å². The standard InChI is InChI=1S/C21H26N2O/c1-3-8-20-18(6-1)10-11-19-7-2-4-9-21(19)23(20)13-5-12-22-14-16-24-17-15-22/h1-4,6-9H,5,10-17H2. The minimum atomic E-state index is 0.884. The van der Waals surface area contributed by atoms with E-state index in [0.29, 0.717) is 0 Å². The number of nitrogens with zero attached hydrogens (tertiary/aromatic N) is 2. The average molecular weight is 322 g/mol. The first-order valence-electron chi connectivity index (χ1n) is 9.15. The maximum atomic E-state index is 5.45. The van der Waals surface area contributed by atoms with Crippen molar-refractivity contribution in [1.82, 2.24) is 4.90 Å². The van der Waals surface area contributed by atoms with E-state index in [4.69, 9.17) is 4.74 Å². The molecule has 0 N–H and O–H groups in total. The molecule has 2 heterocycles. The zero-order valence-electron chi connectivity index (χ0n) is 14.3. The van der Waals surface area contributed by atoms with Gasteiger partial charge >= 0.3 is 0 Å². The largest absolute Gasteiger partial charge is 0.379 e. The number of hydrogen-bond donors (Lipinski definition) is 0. The SMILES string of the molecule is c1ccc2c(c1)CCc1ccccc1N2CCCN1CCOCC1. The molecule has 0 aromatic heterocycles.